The molecular formula is C15H19ClF6N2. The molecule has 0 aliphatic carbocycles. The Labute approximate surface area is 142 Å². The van der Waals surface area contributed by atoms with Crippen LogP contribution in [0.3, 0.4) is 0 Å². The van der Waals surface area contributed by atoms with Crippen molar-refractivity contribution in [2.24, 2.45) is 11.7 Å². The third-order valence-electron chi connectivity index (χ3n) is 4.29. The first-order valence-electron chi connectivity index (χ1n) is 7.26. The average molecular weight is 377 g/mol. The third-order valence-corrected chi connectivity index (χ3v) is 4.29. The molecular weight excluding hydrogens is 358 g/mol. The Bertz CT molecular complexity index is 526. The SMILES string of the molecule is CC(c1cc(C(F)(F)F)cc(C(F)(F)F)c1)N1CCC(CN)C1.Cl. The van der Waals surface area contributed by atoms with Gasteiger partial charge >= 0.3 is 12.4 Å². The molecule has 0 aromatic heterocycles. The standard InChI is InChI=1S/C15H18F6N2.ClH/c1-9(23-3-2-10(7-22)8-23)11-4-12(14(16,17)18)6-13(5-11)15(19,20)21;/h4-6,9-10H,2-3,7-8,22H2,1H3;1H. The van der Waals surface area contributed by atoms with Gasteiger partial charge in [0.2, 0.25) is 0 Å². The van der Waals surface area contributed by atoms with E-state index in [9.17, 15) is 26.3 Å². The molecule has 1 aromatic rings. The fourth-order valence-corrected chi connectivity index (χ4v) is 2.84. The molecule has 2 N–H and O–H groups in total. The molecule has 9 heteroatoms. The monoisotopic (exact) mass is 376 g/mol. The lowest BCUT2D eigenvalue weighted by atomic mass is 9.99. The minimum Gasteiger partial charge on any atom is -0.330 e. The summed E-state index contributed by atoms with van der Waals surface area (Å²) >= 11 is 0. The molecule has 0 amide bonds. The molecule has 1 heterocycles. The molecule has 0 saturated carbocycles. The van der Waals surface area contributed by atoms with E-state index in [4.69, 9.17) is 5.73 Å². The molecule has 2 atom stereocenters. The van der Waals surface area contributed by atoms with Gasteiger partial charge in [0.05, 0.1) is 11.1 Å². The molecule has 1 saturated heterocycles. The van der Waals surface area contributed by atoms with Crippen molar-refractivity contribution < 1.29 is 26.3 Å². The van der Waals surface area contributed by atoms with Gasteiger partial charge in [0.25, 0.3) is 0 Å². The Balaban J connectivity index is 0.00000288. The number of alkyl halides is 6. The van der Waals surface area contributed by atoms with Crippen molar-refractivity contribution in [3.63, 3.8) is 0 Å². The largest absolute Gasteiger partial charge is 0.416 e. The number of rotatable bonds is 3. The van der Waals surface area contributed by atoms with Crippen LogP contribution >= 0.6 is 12.4 Å². The molecule has 24 heavy (non-hydrogen) atoms. The van der Waals surface area contributed by atoms with Crippen molar-refractivity contribution >= 4 is 12.4 Å². The summed E-state index contributed by atoms with van der Waals surface area (Å²) in [4.78, 5) is 1.87. The van der Waals surface area contributed by atoms with Crippen LogP contribution in [0.15, 0.2) is 18.2 Å². The molecule has 1 fully saturated rings. The Morgan fingerprint density at radius 2 is 1.58 bits per heavy atom. The first-order valence-corrected chi connectivity index (χ1v) is 7.26. The Hall–Kier alpha value is -0.990. The first kappa shape index (κ1) is 21.1. The highest BCUT2D eigenvalue weighted by atomic mass is 35.5. The van der Waals surface area contributed by atoms with Gasteiger partial charge in [0.15, 0.2) is 0 Å². The number of hydrogen-bond donors (Lipinski definition) is 1. The van der Waals surface area contributed by atoms with Crippen molar-refractivity contribution in [1.82, 2.24) is 4.90 Å². The molecule has 1 aliphatic rings. The fourth-order valence-electron chi connectivity index (χ4n) is 2.84. The van der Waals surface area contributed by atoms with Crippen LogP contribution in [0.25, 0.3) is 0 Å². The van der Waals surface area contributed by atoms with Crippen LogP contribution in [0.1, 0.15) is 36.1 Å². The zero-order chi connectivity index (χ0) is 17.4. The van der Waals surface area contributed by atoms with Crippen molar-refractivity contribution in [2.45, 2.75) is 31.7 Å². The topological polar surface area (TPSA) is 29.3 Å². The Kier molecular flexibility index (Phi) is 6.57. The Morgan fingerprint density at radius 1 is 1.08 bits per heavy atom. The van der Waals surface area contributed by atoms with Gasteiger partial charge in [-0.25, -0.2) is 0 Å². The van der Waals surface area contributed by atoms with E-state index in [1.165, 1.54) is 0 Å². The molecule has 1 aromatic carbocycles. The van der Waals surface area contributed by atoms with Crippen LogP contribution in [0.5, 0.6) is 0 Å². The maximum Gasteiger partial charge on any atom is 0.416 e. The highest BCUT2D eigenvalue weighted by molar-refractivity contribution is 5.85. The number of halogens is 7. The van der Waals surface area contributed by atoms with Crippen LogP contribution in [0, 0.1) is 5.92 Å². The lowest BCUT2D eigenvalue weighted by Crippen LogP contribution is -2.27. The van der Waals surface area contributed by atoms with E-state index >= 15 is 0 Å². The maximum atomic E-state index is 12.9. The van der Waals surface area contributed by atoms with Gasteiger partial charge in [-0.05, 0) is 56.1 Å². The molecule has 0 spiro atoms. The molecule has 2 unspecified atom stereocenters. The van der Waals surface area contributed by atoms with E-state index in [0.29, 0.717) is 19.6 Å². The molecule has 0 bridgehead atoms. The summed E-state index contributed by atoms with van der Waals surface area (Å²) in [6.07, 6.45) is -8.84. The van der Waals surface area contributed by atoms with Crippen LogP contribution in [-0.4, -0.2) is 24.5 Å². The Morgan fingerprint density at radius 3 is 1.96 bits per heavy atom. The highest BCUT2D eigenvalue weighted by Crippen LogP contribution is 2.38. The summed E-state index contributed by atoms with van der Waals surface area (Å²) in [6, 6.07) is 1.23. The summed E-state index contributed by atoms with van der Waals surface area (Å²) in [7, 11) is 0. The maximum absolute atomic E-state index is 12.9. The molecule has 138 valence electrons. The lowest BCUT2D eigenvalue weighted by molar-refractivity contribution is -0.143. The van der Waals surface area contributed by atoms with E-state index in [-0.39, 0.29) is 30.0 Å². The predicted octanol–water partition coefficient (Wildman–Crippen LogP) is 4.49. The van der Waals surface area contributed by atoms with E-state index in [1.54, 1.807) is 6.92 Å². The van der Waals surface area contributed by atoms with E-state index in [1.807, 2.05) is 4.90 Å². The normalized spacial score (nSPS) is 20.8. The van der Waals surface area contributed by atoms with Crippen molar-refractivity contribution in [3.8, 4) is 0 Å². The lowest BCUT2D eigenvalue weighted by Gasteiger charge is -2.26. The minimum absolute atomic E-state index is 0. The van der Waals surface area contributed by atoms with Gasteiger partial charge in [-0.3, -0.25) is 4.90 Å². The quantitative estimate of drug-likeness (QED) is 0.788. The second-order valence-electron chi connectivity index (χ2n) is 5.90. The van der Waals surface area contributed by atoms with Crippen LogP contribution in [0.4, 0.5) is 26.3 Å². The number of nitrogens with two attached hydrogens (primary N) is 1. The number of likely N-dealkylation sites (tertiary alicyclic amines) is 1. The molecule has 2 rings (SSSR count). The van der Waals surface area contributed by atoms with E-state index < -0.39 is 29.5 Å². The van der Waals surface area contributed by atoms with E-state index in [2.05, 4.69) is 0 Å². The number of benzene rings is 1. The summed E-state index contributed by atoms with van der Waals surface area (Å²) < 4.78 is 77.4. The fraction of sp³-hybridized carbons (Fsp3) is 0.600. The zero-order valence-electron chi connectivity index (χ0n) is 12.9. The van der Waals surface area contributed by atoms with Gasteiger partial charge in [-0.1, -0.05) is 0 Å². The van der Waals surface area contributed by atoms with Gasteiger partial charge in [0, 0.05) is 12.6 Å². The third kappa shape index (κ3) is 4.77. The highest BCUT2D eigenvalue weighted by Gasteiger charge is 2.38. The van der Waals surface area contributed by atoms with Gasteiger partial charge in [0.1, 0.15) is 0 Å². The molecule has 0 radical (unpaired) electrons. The van der Waals surface area contributed by atoms with Crippen molar-refractivity contribution in [3.05, 3.63) is 34.9 Å². The average Bonchev–Trinajstić information content (AvgIpc) is 2.93. The predicted molar refractivity (Wildman–Crippen MR) is 80.8 cm³/mol. The van der Waals surface area contributed by atoms with Gasteiger partial charge in [-0.15, -0.1) is 12.4 Å². The summed E-state index contributed by atoms with van der Waals surface area (Å²) in [5.74, 6) is 0.227. The van der Waals surface area contributed by atoms with Crippen LogP contribution in [-0.2, 0) is 12.4 Å². The second-order valence-corrected chi connectivity index (χ2v) is 5.90. The van der Waals surface area contributed by atoms with Crippen molar-refractivity contribution in [1.29, 1.82) is 0 Å². The summed E-state index contributed by atoms with van der Waals surface area (Å²) in [5.41, 5.74) is 3.04. The summed E-state index contributed by atoms with van der Waals surface area (Å²) in [6.45, 7) is 3.27. The molecule has 2 nitrogen and oxygen atoms in total. The number of hydrogen-bond acceptors (Lipinski definition) is 2. The van der Waals surface area contributed by atoms with Crippen LogP contribution in [0.2, 0.25) is 0 Å². The summed E-state index contributed by atoms with van der Waals surface area (Å²) in [5, 5.41) is 0. The minimum atomic E-state index is -4.82. The van der Waals surface area contributed by atoms with E-state index in [0.717, 1.165) is 18.6 Å². The van der Waals surface area contributed by atoms with Gasteiger partial charge < -0.3 is 5.73 Å². The first-order chi connectivity index (χ1) is 10.5. The van der Waals surface area contributed by atoms with Crippen LogP contribution < -0.4 is 5.73 Å². The molecule has 1 aliphatic heterocycles. The smallest absolute Gasteiger partial charge is 0.330 e. The zero-order valence-corrected chi connectivity index (χ0v) is 13.7. The van der Waals surface area contributed by atoms with Gasteiger partial charge in [-0.2, -0.15) is 26.3 Å². The van der Waals surface area contributed by atoms with Crippen molar-refractivity contribution in [2.75, 3.05) is 19.6 Å². The second kappa shape index (κ2) is 7.49. The number of nitrogens with zero attached hydrogens (tertiary/aromatic N) is 1.